The summed E-state index contributed by atoms with van der Waals surface area (Å²) < 4.78 is 22.0. The summed E-state index contributed by atoms with van der Waals surface area (Å²) in [6.45, 7) is 0.692. The van der Waals surface area contributed by atoms with E-state index < -0.39 is 5.41 Å². The quantitative estimate of drug-likeness (QED) is 0.548. The average molecular weight is 396 g/mol. The van der Waals surface area contributed by atoms with Crippen molar-refractivity contribution in [1.29, 1.82) is 0 Å². The molecule has 0 radical (unpaired) electrons. The van der Waals surface area contributed by atoms with Crippen molar-refractivity contribution in [2.75, 3.05) is 26.9 Å². The Hall–Kier alpha value is -3.02. The Labute approximate surface area is 169 Å². The van der Waals surface area contributed by atoms with Gasteiger partial charge in [-0.05, 0) is 42.7 Å². The van der Waals surface area contributed by atoms with Crippen LogP contribution in [0.4, 0.5) is 0 Å². The van der Waals surface area contributed by atoms with Crippen molar-refractivity contribution in [3.8, 4) is 17.2 Å². The third kappa shape index (κ3) is 3.67. The highest BCUT2D eigenvalue weighted by molar-refractivity contribution is 6.00. The van der Waals surface area contributed by atoms with E-state index >= 15 is 0 Å². The first-order valence-corrected chi connectivity index (χ1v) is 9.88. The highest BCUT2D eigenvalue weighted by Gasteiger charge is 2.45. The fourth-order valence-electron chi connectivity index (χ4n) is 4.15. The predicted octanol–water partition coefficient (Wildman–Crippen LogP) is 3.70. The van der Waals surface area contributed by atoms with Crippen molar-refractivity contribution in [1.82, 2.24) is 0 Å². The Morgan fingerprint density at radius 2 is 1.72 bits per heavy atom. The number of hydrogen-bond donors (Lipinski definition) is 0. The summed E-state index contributed by atoms with van der Waals surface area (Å²) in [5, 5.41) is 0. The maximum absolute atomic E-state index is 13.1. The molecule has 6 nitrogen and oxygen atoms in total. The highest BCUT2D eigenvalue weighted by atomic mass is 16.6. The molecule has 0 N–H and O–H groups in total. The lowest BCUT2D eigenvalue weighted by Crippen LogP contribution is -2.36. The summed E-state index contributed by atoms with van der Waals surface area (Å²) >= 11 is 0. The predicted molar refractivity (Wildman–Crippen MR) is 106 cm³/mol. The van der Waals surface area contributed by atoms with E-state index in [1.165, 1.54) is 7.11 Å². The van der Waals surface area contributed by atoms with Crippen molar-refractivity contribution in [2.45, 2.75) is 31.1 Å². The number of ketones is 1. The second kappa shape index (κ2) is 8.15. The molecule has 0 aromatic heterocycles. The van der Waals surface area contributed by atoms with E-state index in [-0.39, 0.29) is 18.4 Å². The molecule has 0 unspecified atom stereocenters. The molecular weight excluding hydrogens is 372 g/mol. The van der Waals surface area contributed by atoms with Gasteiger partial charge in [0, 0.05) is 0 Å². The first-order valence-electron chi connectivity index (χ1n) is 9.88. The van der Waals surface area contributed by atoms with Crippen LogP contribution >= 0.6 is 0 Å². The molecule has 2 aromatic carbocycles. The number of benzene rings is 2. The Bertz CT molecular complexity index is 913. The molecule has 1 fully saturated rings. The summed E-state index contributed by atoms with van der Waals surface area (Å²) in [5.74, 6) is 1.16. The van der Waals surface area contributed by atoms with E-state index in [0.717, 1.165) is 18.4 Å². The normalized spacial score (nSPS) is 16.9. The van der Waals surface area contributed by atoms with E-state index in [9.17, 15) is 9.59 Å². The number of carbonyl (C=O) groups excluding carboxylic acids is 2. The van der Waals surface area contributed by atoms with Crippen LogP contribution in [-0.2, 0) is 14.9 Å². The maximum Gasteiger partial charge on any atom is 0.317 e. The smallest absolute Gasteiger partial charge is 0.317 e. The van der Waals surface area contributed by atoms with Crippen molar-refractivity contribution < 1.29 is 28.5 Å². The average Bonchev–Trinajstić information content (AvgIpc) is 3.28. The molecule has 0 atom stereocenters. The van der Waals surface area contributed by atoms with Crippen LogP contribution in [0.1, 0.15) is 41.6 Å². The molecule has 1 heterocycles. The molecule has 1 aliphatic carbocycles. The van der Waals surface area contributed by atoms with Crippen molar-refractivity contribution >= 4 is 11.8 Å². The summed E-state index contributed by atoms with van der Waals surface area (Å²) in [4.78, 5) is 25.7. The van der Waals surface area contributed by atoms with Crippen LogP contribution < -0.4 is 14.2 Å². The molecule has 6 heteroatoms. The number of carbonyl (C=O) groups is 2. The number of rotatable bonds is 6. The Morgan fingerprint density at radius 1 is 1.00 bits per heavy atom. The Balaban J connectivity index is 1.53. The van der Waals surface area contributed by atoms with Crippen LogP contribution in [-0.4, -0.2) is 38.7 Å². The van der Waals surface area contributed by atoms with Gasteiger partial charge in [-0.1, -0.05) is 31.0 Å². The third-order valence-corrected chi connectivity index (χ3v) is 5.68. The maximum atomic E-state index is 13.1. The SMILES string of the molecule is COc1ccccc1C(=O)COC(=O)C1(c2ccc3c(c2)OCCO3)CCCC1. The first-order chi connectivity index (χ1) is 14.1. The highest BCUT2D eigenvalue weighted by Crippen LogP contribution is 2.45. The van der Waals surface area contributed by atoms with Crippen molar-refractivity contribution in [2.24, 2.45) is 0 Å². The molecule has 0 amide bonds. The van der Waals surface area contributed by atoms with Gasteiger partial charge in [0.25, 0.3) is 0 Å². The lowest BCUT2D eigenvalue weighted by molar-refractivity contribution is -0.149. The van der Waals surface area contributed by atoms with E-state index in [0.29, 0.717) is 48.9 Å². The molecule has 4 rings (SSSR count). The van der Waals surface area contributed by atoms with Gasteiger partial charge in [0.15, 0.2) is 18.1 Å². The lowest BCUT2D eigenvalue weighted by Gasteiger charge is -2.28. The number of para-hydroxylation sites is 1. The monoisotopic (exact) mass is 396 g/mol. The molecule has 0 spiro atoms. The van der Waals surface area contributed by atoms with Crippen LogP contribution in [0.25, 0.3) is 0 Å². The molecular formula is C23H24O6. The van der Waals surface area contributed by atoms with Gasteiger partial charge < -0.3 is 18.9 Å². The van der Waals surface area contributed by atoms with E-state index in [4.69, 9.17) is 18.9 Å². The Morgan fingerprint density at radius 3 is 2.48 bits per heavy atom. The lowest BCUT2D eigenvalue weighted by atomic mass is 9.78. The number of hydrogen-bond acceptors (Lipinski definition) is 6. The summed E-state index contributed by atoms with van der Waals surface area (Å²) in [6, 6.07) is 12.6. The van der Waals surface area contributed by atoms with Crippen LogP contribution in [0.15, 0.2) is 42.5 Å². The number of methoxy groups -OCH3 is 1. The second-order valence-electron chi connectivity index (χ2n) is 7.35. The minimum absolute atomic E-state index is 0.286. The molecule has 1 aliphatic heterocycles. The third-order valence-electron chi connectivity index (χ3n) is 5.68. The second-order valence-corrected chi connectivity index (χ2v) is 7.35. The van der Waals surface area contributed by atoms with Gasteiger partial charge in [-0.2, -0.15) is 0 Å². The number of esters is 1. The number of fused-ring (bicyclic) bond motifs is 1. The topological polar surface area (TPSA) is 71.1 Å². The van der Waals surface area contributed by atoms with Crippen LogP contribution in [0.5, 0.6) is 17.2 Å². The first kappa shape index (κ1) is 19.3. The van der Waals surface area contributed by atoms with Crippen molar-refractivity contribution in [3.63, 3.8) is 0 Å². The summed E-state index contributed by atoms with van der Waals surface area (Å²) in [6.07, 6.45) is 3.25. The minimum atomic E-state index is -0.753. The Kier molecular flexibility index (Phi) is 5.43. The molecule has 1 saturated carbocycles. The van der Waals surface area contributed by atoms with Gasteiger partial charge in [-0.15, -0.1) is 0 Å². The van der Waals surface area contributed by atoms with Crippen molar-refractivity contribution in [3.05, 3.63) is 53.6 Å². The van der Waals surface area contributed by atoms with Crippen LogP contribution in [0, 0.1) is 0 Å². The summed E-state index contributed by atoms with van der Waals surface area (Å²) in [5.41, 5.74) is 0.508. The fraction of sp³-hybridized carbons (Fsp3) is 0.391. The van der Waals surface area contributed by atoms with Gasteiger partial charge in [-0.25, -0.2) is 0 Å². The van der Waals surface area contributed by atoms with Crippen LogP contribution in [0.2, 0.25) is 0 Å². The molecule has 2 aromatic rings. The zero-order valence-corrected chi connectivity index (χ0v) is 16.4. The van der Waals surface area contributed by atoms with Gasteiger partial charge >= 0.3 is 5.97 Å². The van der Waals surface area contributed by atoms with E-state index in [2.05, 4.69) is 0 Å². The minimum Gasteiger partial charge on any atom is -0.496 e. The fourth-order valence-corrected chi connectivity index (χ4v) is 4.15. The molecule has 0 bridgehead atoms. The van der Waals surface area contributed by atoms with Crippen LogP contribution in [0.3, 0.4) is 0 Å². The van der Waals surface area contributed by atoms with E-state index in [1.54, 1.807) is 24.3 Å². The summed E-state index contributed by atoms with van der Waals surface area (Å²) in [7, 11) is 1.51. The van der Waals surface area contributed by atoms with Gasteiger partial charge in [0.05, 0.1) is 18.1 Å². The molecule has 152 valence electrons. The molecule has 2 aliphatic rings. The zero-order valence-electron chi connectivity index (χ0n) is 16.4. The number of ether oxygens (including phenoxy) is 4. The van der Waals surface area contributed by atoms with Gasteiger partial charge in [0.2, 0.25) is 5.78 Å². The molecule has 0 saturated heterocycles. The largest absolute Gasteiger partial charge is 0.496 e. The molecule has 29 heavy (non-hydrogen) atoms. The van der Waals surface area contributed by atoms with Gasteiger partial charge in [0.1, 0.15) is 19.0 Å². The number of Topliss-reactive ketones (excluding diaryl/α,β-unsaturated/α-hetero) is 1. The van der Waals surface area contributed by atoms with E-state index in [1.807, 2.05) is 18.2 Å². The standard InChI is InChI=1S/C23H24O6/c1-26-19-7-3-2-6-17(19)18(24)15-29-22(25)23(10-4-5-11-23)16-8-9-20-21(14-16)28-13-12-27-20/h2-3,6-9,14H,4-5,10-13,15H2,1H3. The zero-order chi connectivity index (χ0) is 20.3. The van der Waals surface area contributed by atoms with Gasteiger partial charge in [-0.3, -0.25) is 9.59 Å².